The Hall–Kier alpha value is -1.39. The van der Waals surface area contributed by atoms with Crippen molar-refractivity contribution in [2.24, 2.45) is 0 Å². The lowest BCUT2D eigenvalue weighted by Gasteiger charge is -2.39. The van der Waals surface area contributed by atoms with Crippen LogP contribution >= 0.6 is 0 Å². The van der Waals surface area contributed by atoms with E-state index in [0.29, 0.717) is 12.2 Å². The van der Waals surface area contributed by atoms with E-state index in [0.717, 1.165) is 22.4 Å². The third-order valence-electron chi connectivity index (χ3n) is 7.28. The normalized spacial score (nSPS) is 14.3. The minimum absolute atomic E-state index is 0.0253. The van der Waals surface area contributed by atoms with Crippen molar-refractivity contribution in [2.45, 2.75) is 104 Å². The molecule has 32 heavy (non-hydrogen) atoms. The molecular weight excluding hydrogens is 438 g/mol. The summed E-state index contributed by atoms with van der Waals surface area (Å²) in [4.78, 5) is 11.2. The van der Waals surface area contributed by atoms with E-state index in [1.54, 1.807) is 7.11 Å². The maximum Gasteiger partial charge on any atom is 0.250 e. The number of benzene rings is 1. The van der Waals surface area contributed by atoms with Crippen LogP contribution in [0.4, 0.5) is 0 Å². The second kappa shape index (κ2) is 9.85. The van der Waals surface area contributed by atoms with Gasteiger partial charge in [0.2, 0.25) is 6.54 Å². The van der Waals surface area contributed by atoms with Crippen LogP contribution in [0.3, 0.4) is 0 Å². The minimum atomic E-state index is -2.17. The van der Waals surface area contributed by atoms with Crippen molar-refractivity contribution < 1.29 is 18.5 Å². The van der Waals surface area contributed by atoms with E-state index in [1.807, 2.05) is 19.9 Å². The van der Waals surface area contributed by atoms with Gasteiger partial charge in [-0.3, -0.25) is 10.1 Å². The van der Waals surface area contributed by atoms with Gasteiger partial charge in [0.05, 0.1) is 7.11 Å². The molecule has 1 aromatic carbocycles. The highest BCUT2D eigenvalue weighted by molar-refractivity contribution is 6.75. The summed E-state index contributed by atoms with van der Waals surface area (Å²) in [5.74, 6) is 1.47. The van der Waals surface area contributed by atoms with Gasteiger partial charge in [-0.25, -0.2) is 0 Å². The predicted molar refractivity (Wildman–Crippen MR) is 138 cm³/mol. The van der Waals surface area contributed by atoms with Crippen LogP contribution in [0.2, 0.25) is 36.3 Å². The standard InChI is InChI=1S/C24H45NO5Si2/c1-17-14-21(28-9)22(30-32(12,13)24(6,7)8)18(2)20(17)15-19(16-25(26)27)29-31(10,11)23(3,4)5/h14,19H,15-16H2,1-13H3. The molecule has 0 fully saturated rings. The second-order valence-corrected chi connectivity index (χ2v) is 21.4. The van der Waals surface area contributed by atoms with Gasteiger partial charge in [-0.15, -0.1) is 0 Å². The molecule has 0 amide bonds. The summed E-state index contributed by atoms with van der Waals surface area (Å²) >= 11 is 0. The predicted octanol–water partition coefficient (Wildman–Crippen LogP) is 6.91. The molecule has 0 saturated heterocycles. The zero-order valence-electron chi connectivity index (χ0n) is 22.6. The maximum atomic E-state index is 11.5. The molecule has 0 bridgehead atoms. The van der Waals surface area contributed by atoms with Crippen LogP contribution in [0, 0.1) is 24.0 Å². The van der Waals surface area contributed by atoms with Gasteiger partial charge in [0.25, 0.3) is 8.32 Å². The third kappa shape index (κ3) is 6.81. The number of hydrogen-bond donors (Lipinski definition) is 0. The van der Waals surface area contributed by atoms with E-state index >= 15 is 0 Å². The Bertz CT molecular complexity index is 823. The first-order valence-electron chi connectivity index (χ1n) is 11.4. The molecular formula is C24H45NO5Si2. The Morgan fingerprint density at radius 3 is 1.91 bits per heavy atom. The van der Waals surface area contributed by atoms with E-state index in [1.165, 1.54) is 0 Å². The molecule has 0 aromatic heterocycles. The monoisotopic (exact) mass is 483 g/mol. The number of ether oxygens (including phenoxy) is 1. The van der Waals surface area contributed by atoms with Gasteiger partial charge in [0, 0.05) is 11.3 Å². The van der Waals surface area contributed by atoms with Crippen molar-refractivity contribution in [3.63, 3.8) is 0 Å². The molecule has 0 aliphatic heterocycles. The first-order chi connectivity index (χ1) is 14.2. The smallest absolute Gasteiger partial charge is 0.250 e. The summed E-state index contributed by atoms with van der Waals surface area (Å²) in [6, 6.07) is 1.99. The summed E-state index contributed by atoms with van der Waals surface area (Å²) in [6.45, 7) is 25.6. The van der Waals surface area contributed by atoms with E-state index in [2.05, 4.69) is 67.7 Å². The van der Waals surface area contributed by atoms with Crippen LogP contribution in [0.1, 0.15) is 58.2 Å². The molecule has 0 spiro atoms. The average molecular weight is 484 g/mol. The zero-order valence-corrected chi connectivity index (χ0v) is 24.6. The molecule has 1 rings (SSSR count). The topological polar surface area (TPSA) is 70.8 Å². The van der Waals surface area contributed by atoms with E-state index in [4.69, 9.17) is 13.6 Å². The second-order valence-electron chi connectivity index (χ2n) is 11.9. The molecule has 0 heterocycles. The summed E-state index contributed by atoms with van der Waals surface area (Å²) in [5.41, 5.74) is 3.07. The molecule has 184 valence electrons. The lowest BCUT2D eigenvalue weighted by molar-refractivity contribution is -0.489. The molecule has 1 unspecified atom stereocenters. The van der Waals surface area contributed by atoms with Gasteiger partial charge in [-0.2, -0.15) is 0 Å². The number of hydrogen-bond acceptors (Lipinski definition) is 5. The van der Waals surface area contributed by atoms with Crippen molar-refractivity contribution in [3.8, 4) is 11.5 Å². The van der Waals surface area contributed by atoms with Gasteiger partial charge < -0.3 is 13.6 Å². The van der Waals surface area contributed by atoms with Crippen molar-refractivity contribution in [1.82, 2.24) is 0 Å². The Balaban J connectivity index is 3.48. The quantitative estimate of drug-likeness (QED) is 0.217. The summed E-state index contributed by atoms with van der Waals surface area (Å²) < 4.78 is 18.9. The highest BCUT2D eigenvalue weighted by Crippen LogP contribution is 2.44. The van der Waals surface area contributed by atoms with Gasteiger partial charge >= 0.3 is 0 Å². The molecule has 0 aliphatic rings. The zero-order chi connectivity index (χ0) is 25.3. The van der Waals surface area contributed by atoms with Crippen molar-refractivity contribution in [1.29, 1.82) is 0 Å². The molecule has 0 aliphatic carbocycles. The van der Waals surface area contributed by atoms with Crippen LogP contribution in [0.5, 0.6) is 11.5 Å². The first-order valence-corrected chi connectivity index (χ1v) is 17.2. The Morgan fingerprint density at radius 1 is 1.00 bits per heavy atom. The highest BCUT2D eigenvalue weighted by atomic mass is 28.4. The molecule has 6 nitrogen and oxygen atoms in total. The molecule has 0 saturated carbocycles. The first kappa shape index (κ1) is 28.6. The van der Waals surface area contributed by atoms with Gasteiger partial charge in [-0.05, 0) is 72.9 Å². The summed E-state index contributed by atoms with van der Waals surface area (Å²) in [5, 5.41) is 11.5. The fraction of sp³-hybridized carbons (Fsp3) is 0.750. The number of nitrogens with zero attached hydrogens (tertiary/aromatic N) is 1. The molecule has 0 N–H and O–H groups in total. The van der Waals surface area contributed by atoms with Gasteiger partial charge in [0.15, 0.2) is 14.1 Å². The van der Waals surface area contributed by atoms with Crippen LogP contribution < -0.4 is 9.16 Å². The minimum Gasteiger partial charge on any atom is -0.541 e. The van der Waals surface area contributed by atoms with Crippen LogP contribution in [-0.4, -0.2) is 41.3 Å². The number of methoxy groups -OCH3 is 1. The fourth-order valence-corrected chi connectivity index (χ4v) is 5.51. The molecule has 1 aromatic rings. The maximum absolute atomic E-state index is 11.5. The van der Waals surface area contributed by atoms with Gasteiger partial charge in [0.1, 0.15) is 11.9 Å². The van der Waals surface area contributed by atoms with E-state index < -0.39 is 22.7 Å². The lowest BCUT2D eigenvalue weighted by atomic mass is 9.96. The van der Waals surface area contributed by atoms with Crippen molar-refractivity contribution in [2.75, 3.05) is 13.7 Å². The summed E-state index contributed by atoms with van der Waals surface area (Å²) in [6.07, 6.45) is -0.0133. The molecule has 8 heteroatoms. The molecule has 1 atom stereocenters. The van der Waals surface area contributed by atoms with Gasteiger partial charge in [-0.1, -0.05) is 41.5 Å². The average Bonchev–Trinajstić information content (AvgIpc) is 2.57. The number of aryl methyl sites for hydroxylation is 1. The lowest BCUT2D eigenvalue weighted by Crippen LogP contribution is -2.46. The van der Waals surface area contributed by atoms with E-state index in [9.17, 15) is 10.1 Å². The van der Waals surface area contributed by atoms with Crippen molar-refractivity contribution >= 4 is 16.6 Å². The number of rotatable bonds is 9. The number of nitro groups is 1. The fourth-order valence-electron chi connectivity index (χ4n) is 3.10. The highest BCUT2D eigenvalue weighted by Gasteiger charge is 2.42. The third-order valence-corrected chi connectivity index (χ3v) is 16.1. The van der Waals surface area contributed by atoms with Crippen LogP contribution in [0.25, 0.3) is 0 Å². The van der Waals surface area contributed by atoms with Crippen LogP contribution in [0.15, 0.2) is 6.07 Å². The largest absolute Gasteiger partial charge is 0.541 e. The Kier molecular flexibility index (Phi) is 8.82. The molecule has 0 radical (unpaired) electrons. The van der Waals surface area contributed by atoms with Crippen LogP contribution in [-0.2, 0) is 10.8 Å². The SMILES string of the molecule is COc1cc(C)c(CC(C[N+](=O)[O-])O[Si](C)(C)C(C)(C)C)c(C)c1O[Si](C)(C)C(C)(C)C. The summed E-state index contributed by atoms with van der Waals surface area (Å²) in [7, 11) is -2.62. The van der Waals surface area contributed by atoms with Crippen molar-refractivity contribution in [3.05, 3.63) is 32.9 Å². The Labute approximate surface area is 197 Å². The Morgan fingerprint density at radius 2 is 1.50 bits per heavy atom. The van der Waals surface area contributed by atoms with E-state index in [-0.39, 0.29) is 21.5 Å².